The van der Waals surface area contributed by atoms with Gasteiger partial charge in [0.1, 0.15) is 6.54 Å². The Morgan fingerprint density at radius 1 is 1.18 bits per heavy atom. The summed E-state index contributed by atoms with van der Waals surface area (Å²) in [4.78, 5) is 18.4. The lowest BCUT2D eigenvalue weighted by molar-refractivity contribution is -0.143. The summed E-state index contributed by atoms with van der Waals surface area (Å²) in [6.45, 7) is 1.83. The summed E-state index contributed by atoms with van der Waals surface area (Å²) in [7, 11) is 0. The normalized spacial score (nSPS) is 18.3. The van der Waals surface area contributed by atoms with E-state index in [2.05, 4.69) is 10.3 Å². The van der Waals surface area contributed by atoms with E-state index in [0.717, 1.165) is 12.1 Å². The van der Waals surface area contributed by atoms with Gasteiger partial charge in [-0.25, -0.2) is 0 Å². The SMILES string of the molecule is CCOC(=O)CN1C(=S)N[C@@H](c2ccccn2)[C@@H]1c1cccn1-c1cccc(C(F)(F)F)c1. The zero-order valence-corrected chi connectivity index (χ0v) is 18.4. The van der Waals surface area contributed by atoms with Crippen LogP contribution in [0.5, 0.6) is 0 Å². The first-order valence-electron chi connectivity index (χ1n) is 10.3. The molecule has 0 saturated carbocycles. The molecule has 0 spiro atoms. The number of nitrogens with one attached hydrogen (secondary N) is 1. The van der Waals surface area contributed by atoms with Crippen LogP contribution in [0.1, 0.15) is 36.0 Å². The van der Waals surface area contributed by atoms with E-state index in [1.54, 1.807) is 53.0 Å². The van der Waals surface area contributed by atoms with Gasteiger partial charge >= 0.3 is 12.1 Å². The van der Waals surface area contributed by atoms with Crippen molar-refractivity contribution < 1.29 is 22.7 Å². The van der Waals surface area contributed by atoms with Crippen LogP contribution in [0.4, 0.5) is 13.2 Å². The van der Waals surface area contributed by atoms with Gasteiger partial charge in [0, 0.05) is 23.8 Å². The van der Waals surface area contributed by atoms with Gasteiger partial charge in [0.2, 0.25) is 0 Å². The van der Waals surface area contributed by atoms with E-state index >= 15 is 0 Å². The summed E-state index contributed by atoms with van der Waals surface area (Å²) in [5, 5.41) is 3.55. The summed E-state index contributed by atoms with van der Waals surface area (Å²) < 4.78 is 46.7. The molecule has 3 aromatic rings. The fourth-order valence-corrected chi connectivity index (χ4v) is 4.25. The third-order valence-electron chi connectivity index (χ3n) is 5.34. The van der Waals surface area contributed by atoms with Gasteiger partial charge in [-0.3, -0.25) is 9.78 Å². The Hall–Kier alpha value is -3.40. The van der Waals surface area contributed by atoms with Crippen LogP contribution < -0.4 is 5.32 Å². The van der Waals surface area contributed by atoms with Crippen molar-refractivity contribution in [2.45, 2.75) is 25.2 Å². The number of hydrogen-bond acceptors (Lipinski definition) is 4. The first-order valence-corrected chi connectivity index (χ1v) is 10.7. The summed E-state index contributed by atoms with van der Waals surface area (Å²) >= 11 is 5.52. The van der Waals surface area contributed by atoms with E-state index < -0.39 is 29.8 Å². The van der Waals surface area contributed by atoms with Gasteiger partial charge in [-0.1, -0.05) is 12.1 Å². The Morgan fingerprint density at radius 3 is 2.70 bits per heavy atom. The van der Waals surface area contributed by atoms with E-state index in [1.807, 2.05) is 12.1 Å². The van der Waals surface area contributed by atoms with Crippen molar-refractivity contribution in [3.63, 3.8) is 0 Å². The molecule has 3 heterocycles. The first kappa shape index (κ1) is 22.8. The van der Waals surface area contributed by atoms with E-state index in [-0.39, 0.29) is 13.2 Å². The number of esters is 1. The number of ether oxygens (including phenoxy) is 1. The molecule has 0 aliphatic carbocycles. The molecule has 2 atom stereocenters. The maximum atomic E-state index is 13.3. The van der Waals surface area contributed by atoms with Gasteiger partial charge in [0.05, 0.1) is 29.9 Å². The second-order valence-corrected chi connectivity index (χ2v) is 7.80. The van der Waals surface area contributed by atoms with Crippen LogP contribution in [0.15, 0.2) is 67.0 Å². The molecule has 33 heavy (non-hydrogen) atoms. The highest BCUT2D eigenvalue weighted by Gasteiger charge is 2.42. The molecule has 2 aromatic heterocycles. The molecule has 1 aliphatic heterocycles. The molecule has 1 aliphatic rings. The number of pyridine rings is 1. The summed E-state index contributed by atoms with van der Waals surface area (Å²) in [5.41, 5.74) is 0.942. The van der Waals surface area contributed by atoms with Crippen molar-refractivity contribution in [1.82, 2.24) is 19.8 Å². The van der Waals surface area contributed by atoms with Crippen LogP contribution in [0.2, 0.25) is 0 Å². The predicted octanol–water partition coefficient (Wildman–Crippen LogP) is 4.43. The summed E-state index contributed by atoms with van der Waals surface area (Å²) in [5.74, 6) is -0.453. The minimum absolute atomic E-state index is 0.110. The molecular formula is C23H21F3N4O2S. The zero-order valence-electron chi connectivity index (χ0n) is 17.6. The highest BCUT2D eigenvalue weighted by Crippen LogP contribution is 2.40. The van der Waals surface area contributed by atoms with Gasteiger partial charge < -0.3 is 19.5 Å². The first-order chi connectivity index (χ1) is 15.8. The minimum atomic E-state index is -4.47. The molecule has 1 N–H and O–H groups in total. The van der Waals surface area contributed by atoms with Crippen molar-refractivity contribution in [2.24, 2.45) is 0 Å². The second kappa shape index (κ2) is 9.22. The van der Waals surface area contributed by atoms with Crippen molar-refractivity contribution in [1.29, 1.82) is 0 Å². The lowest BCUT2D eigenvalue weighted by Crippen LogP contribution is -2.36. The molecule has 6 nitrogen and oxygen atoms in total. The monoisotopic (exact) mass is 474 g/mol. The van der Waals surface area contributed by atoms with Crippen LogP contribution in [0, 0.1) is 0 Å². The van der Waals surface area contributed by atoms with Gasteiger partial charge in [0.25, 0.3) is 0 Å². The smallest absolute Gasteiger partial charge is 0.416 e. The Labute approximate surface area is 194 Å². The maximum absolute atomic E-state index is 13.3. The number of carbonyl (C=O) groups excluding carboxylic acids is 1. The number of hydrogen-bond donors (Lipinski definition) is 1. The van der Waals surface area contributed by atoms with Gasteiger partial charge in [-0.05, 0) is 61.6 Å². The molecule has 10 heteroatoms. The Kier molecular flexibility index (Phi) is 6.37. The third kappa shape index (κ3) is 4.70. The third-order valence-corrected chi connectivity index (χ3v) is 5.69. The molecule has 1 saturated heterocycles. The van der Waals surface area contributed by atoms with Gasteiger partial charge in [-0.15, -0.1) is 0 Å². The lowest BCUT2D eigenvalue weighted by atomic mass is 10.0. The predicted molar refractivity (Wildman–Crippen MR) is 120 cm³/mol. The van der Waals surface area contributed by atoms with Crippen molar-refractivity contribution in [2.75, 3.05) is 13.2 Å². The van der Waals surface area contributed by atoms with E-state index in [9.17, 15) is 18.0 Å². The highest BCUT2D eigenvalue weighted by atomic mass is 32.1. The lowest BCUT2D eigenvalue weighted by Gasteiger charge is -2.28. The Morgan fingerprint density at radius 2 is 2.00 bits per heavy atom. The second-order valence-electron chi connectivity index (χ2n) is 7.41. The summed E-state index contributed by atoms with van der Waals surface area (Å²) in [6, 6.07) is 13.2. The van der Waals surface area contributed by atoms with Crippen LogP contribution in [0.25, 0.3) is 5.69 Å². The zero-order chi connectivity index (χ0) is 23.6. The molecule has 1 fully saturated rings. The molecule has 0 amide bonds. The average Bonchev–Trinajstić information content (AvgIpc) is 3.39. The van der Waals surface area contributed by atoms with E-state index in [0.29, 0.717) is 22.2 Å². The number of thiocarbonyl (C=S) groups is 1. The number of rotatable bonds is 6. The molecule has 172 valence electrons. The molecule has 4 rings (SSSR count). The maximum Gasteiger partial charge on any atom is 0.416 e. The van der Waals surface area contributed by atoms with Crippen molar-refractivity contribution in [3.8, 4) is 5.69 Å². The van der Waals surface area contributed by atoms with Crippen LogP contribution >= 0.6 is 12.2 Å². The summed E-state index contributed by atoms with van der Waals surface area (Å²) in [6.07, 6.45) is -1.13. The largest absolute Gasteiger partial charge is 0.465 e. The molecule has 0 radical (unpaired) electrons. The van der Waals surface area contributed by atoms with E-state index in [1.165, 1.54) is 6.07 Å². The molecule has 0 bridgehead atoms. The van der Waals surface area contributed by atoms with Gasteiger partial charge in [0.15, 0.2) is 5.11 Å². The molecule has 1 aromatic carbocycles. The highest BCUT2D eigenvalue weighted by molar-refractivity contribution is 7.80. The average molecular weight is 475 g/mol. The van der Waals surface area contributed by atoms with Crippen molar-refractivity contribution >= 4 is 23.3 Å². The van der Waals surface area contributed by atoms with Crippen LogP contribution in [-0.2, 0) is 15.7 Å². The number of benzene rings is 1. The molecular weight excluding hydrogens is 453 g/mol. The Bertz CT molecular complexity index is 1150. The number of nitrogens with zero attached hydrogens (tertiary/aromatic N) is 3. The minimum Gasteiger partial charge on any atom is -0.465 e. The number of aromatic nitrogens is 2. The van der Waals surface area contributed by atoms with Crippen molar-refractivity contribution in [3.05, 3.63) is 83.9 Å². The standard InChI is InChI=1S/C23H21F3N4O2S/c1-2-32-19(31)14-30-21(20(28-22(30)33)17-9-3-4-11-27-17)18-10-6-12-29(18)16-8-5-7-15(13-16)23(24,25)26/h3-13,20-21H,2,14H2,1H3,(H,28,33)/t20-,21-/m0/s1. The molecule has 0 unspecified atom stereocenters. The number of halogens is 3. The quantitative estimate of drug-likeness (QED) is 0.422. The Balaban J connectivity index is 1.79. The number of alkyl halides is 3. The fraction of sp³-hybridized carbons (Fsp3) is 0.261. The van der Waals surface area contributed by atoms with Gasteiger partial charge in [-0.2, -0.15) is 13.2 Å². The number of carbonyl (C=O) groups is 1. The van der Waals surface area contributed by atoms with E-state index in [4.69, 9.17) is 17.0 Å². The van der Waals surface area contributed by atoms with Crippen LogP contribution in [0.3, 0.4) is 0 Å². The van der Waals surface area contributed by atoms with Crippen LogP contribution in [-0.4, -0.2) is 38.7 Å². The fourth-order valence-electron chi connectivity index (χ4n) is 3.95. The topological polar surface area (TPSA) is 59.4 Å².